The Morgan fingerprint density at radius 2 is 1.91 bits per heavy atom. The van der Waals surface area contributed by atoms with E-state index in [2.05, 4.69) is 5.16 Å². The number of halogens is 2. The van der Waals surface area contributed by atoms with Gasteiger partial charge in [-0.1, -0.05) is 11.2 Å². The van der Waals surface area contributed by atoms with Crippen LogP contribution in [0.5, 0.6) is 11.5 Å². The predicted octanol–water partition coefficient (Wildman–Crippen LogP) is 3.62. The lowest BCUT2D eigenvalue weighted by Gasteiger charge is -2.06. The molecule has 0 radical (unpaired) electrons. The number of oxime groups is 1. The molecule has 22 heavy (non-hydrogen) atoms. The van der Waals surface area contributed by atoms with Gasteiger partial charge in [-0.05, 0) is 42.8 Å². The lowest BCUT2D eigenvalue weighted by atomic mass is 10.1. The van der Waals surface area contributed by atoms with Gasteiger partial charge in [-0.25, -0.2) is 8.78 Å². The molecule has 0 aromatic heterocycles. The van der Waals surface area contributed by atoms with Crippen LogP contribution in [0.3, 0.4) is 0 Å². The average Bonchev–Trinajstić information content (AvgIpc) is 2.50. The summed E-state index contributed by atoms with van der Waals surface area (Å²) in [6, 6.07) is 8.34. The summed E-state index contributed by atoms with van der Waals surface area (Å²) in [5.74, 6) is -1.48. The standard InChI is InChI=1S/C16H15F2NO3/c1-10(12-4-6-16(21-2)15(20)8-12)19-22-9-11-3-5-13(17)14(18)7-11/h3-8,20H,9H2,1-2H3/b19-10+. The minimum Gasteiger partial charge on any atom is -0.504 e. The third kappa shape index (κ3) is 3.72. The Hall–Kier alpha value is -2.63. The number of ether oxygens (including phenoxy) is 1. The fourth-order valence-electron chi connectivity index (χ4n) is 1.80. The molecule has 0 aliphatic heterocycles. The van der Waals surface area contributed by atoms with Crippen LogP contribution in [0.1, 0.15) is 18.1 Å². The SMILES string of the molecule is COc1ccc(/C(C)=N/OCc2ccc(F)c(F)c2)cc1O. The van der Waals surface area contributed by atoms with E-state index < -0.39 is 11.6 Å². The summed E-state index contributed by atoms with van der Waals surface area (Å²) in [4.78, 5) is 5.11. The summed E-state index contributed by atoms with van der Waals surface area (Å²) in [6.07, 6.45) is 0. The van der Waals surface area contributed by atoms with Gasteiger partial charge in [0.25, 0.3) is 0 Å². The molecule has 2 aromatic carbocycles. The zero-order valence-corrected chi connectivity index (χ0v) is 12.1. The van der Waals surface area contributed by atoms with E-state index >= 15 is 0 Å². The van der Waals surface area contributed by atoms with E-state index in [1.54, 1.807) is 19.1 Å². The van der Waals surface area contributed by atoms with E-state index in [0.717, 1.165) is 12.1 Å². The zero-order valence-electron chi connectivity index (χ0n) is 12.1. The molecule has 0 saturated heterocycles. The first-order chi connectivity index (χ1) is 10.5. The Bertz CT molecular complexity index is 702. The van der Waals surface area contributed by atoms with Crippen LogP contribution in [0.2, 0.25) is 0 Å². The fourth-order valence-corrected chi connectivity index (χ4v) is 1.80. The maximum absolute atomic E-state index is 13.0. The Balaban J connectivity index is 2.03. The Morgan fingerprint density at radius 1 is 1.14 bits per heavy atom. The van der Waals surface area contributed by atoms with Crippen LogP contribution in [0.4, 0.5) is 8.78 Å². The molecule has 0 saturated carbocycles. The van der Waals surface area contributed by atoms with Crippen LogP contribution >= 0.6 is 0 Å². The molecule has 6 heteroatoms. The predicted molar refractivity (Wildman–Crippen MR) is 78.0 cm³/mol. The van der Waals surface area contributed by atoms with Crippen molar-refractivity contribution in [2.24, 2.45) is 5.16 Å². The molecule has 0 aliphatic carbocycles. The monoisotopic (exact) mass is 307 g/mol. The average molecular weight is 307 g/mol. The van der Waals surface area contributed by atoms with Crippen LogP contribution < -0.4 is 4.74 Å². The van der Waals surface area contributed by atoms with Crippen molar-refractivity contribution in [1.29, 1.82) is 0 Å². The van der Waals surface area contributed by atoms with Crippen molar-refractivity contribution < 1.29 is 23.5 Å². The van der Waals surface area contributed by atoms with Crippen LogP contribution in [0.25, 0.3) is 0 Å². The molecule has 0 bridgehead atoms. The molecule has 1 N–H and O–H groups in total. The van der Waals surface area contributed by atoms with E-state index in [1.807, 2.05) is 0 Å². The number of phenolic OH excluding ortho intramolecular Hbond substituents is 1. The van der Waals surface area contributed by atoms with Crippen molar-refractivity contribution in [2.45, 2.75) is 13.5 Å². The number of methoxy groups -OCH3 is 1. The van der Waals surface area contributed by atoms with Gasteiger partial charge in [-0.2, -0.15) is 0 Å². The second kappa shape index (κ2) is 6.89. The van der Waals surface area contributed by atoms with Crippen molar-refractivity contribution in [3.8, 4) is 11.5 Å². The summed E-state index contributed by atoms with van der Waals surface area (Å²) in [5.41, 5.74) is 1.65. The molecule has 0 heterocycles. The highest BCUT2D eigenvalue weighted by molar-refractivity contribution is 5.98. The van der Waals surface area contributed by atoms with Gasteiger partial charge in [0.05, 0.1) is 12.8 Å². The molecule has 116 valence electrons. The number of nitrogens with zero attached hydrogens (tertiary/aromatic N) is 1. The van der Waals surface area contributed by atoms with Gasteiger partial charge in [0.1, 0.15) is 6.61 Å². The van der Waals surface area contributed by atoms with Gasteiger partial charge in [0, 0.05) is 5.56 Å². The van der Waals surface area contributed by atoms with Crippen LogP contribution in [0, 0.1) is 11.6 Å². The van der Waals surface area contributed by atoms with Crippen molar-refractivity contribution in [3.63, 3.8) is 0 Å². The molecular formula is C16H15F2NO3. The first kappa shape index (κ1) is 15.8. The second-order valence-electron chi connectivity index (χ2n) is 4.59. The first-order valence-electron chi connectivity index (χ1n) is 6.49. The van der Waals surface area contributed by atoms with E-state index in [0.29, 0.717) is 22.6 Å². The van der Waals surface area contributed by atoms with E-state index in [4.69, 9.17) is 9.57 Å². The highest BCUT2D eigenvalue weighted by atomic mass is 19.2. The smallest absolute Gasteiger partial charge is 0.160 e. The normalized spacial score (nSPS) is 11.4. The van der Waals surface area contributed by atoms with Crippen LogP contribution in [-0.4, -0.2) is 17.9 Å². The number of hydrogen-bond acceptors (Lipinski definition) is 4. The largest absolute Gasteiger partial charge is 0.504 e. The number of hydrogen-bond donors (Lipinski definition) is 1. The van der Waals surface area contributed by atoms with Gasteiger partial charge >= 0.3 is 0 Å². The van der Waals surface area contributed by atoms with Gasteiger partial charge in [-0.15, -0.1) is 0 Å². The number of benzene rings is 2. The van der Waals surface area contributed by atoms with Gasteiger partial charge in [-0.3, -0.25) is 0 Å². The molecule has 0 fully saturated rings. The molecule has 2 aromatic rings. The number of aromatic hydroxyl groups is 1. The minimum absolute atomic E-state index is 0.00449. The first-order valence-corrected chi connectivity index (χ1v) is 6.49. The molecule has 0 aliphatic rings. The van der Waals surface area contributed by atoms with Gasteiger partial charge in [0.15, 0.2) is 23.1 Å². The molecule has 0 unspecified atom stereocenters. The maximum Gasteiger partial charge on any atom is 0.160 e. The molecule has 0 spiro atoms. The third-order valence-corrected chi connectivity index (χ3v) is 3.01. The summed E-state index contributed by atoms with van der Waals surface area (Å²) in [5, 5.41) is 13.6. The second-order valence-corrected chi connectivity index (χ2v) is 4.59. The highest BCUT2D eigenvalue weighted by Gasteiger charge is 2.06. The Morgan fingerprint density at radius 3 is 2.55 bits per heavy atom. The fraction of sp³-hybridized carbons (Fsp3) is 0.188. The minimum atomic E-state index is -0.929. The molecule has 0 amide bonds. The molecule has 0 atom stereocenters. The summed E-state index contributed by atoms with van der Waals surface area (Å²) in [7, 11) is 1.46. The van der Waals surface area contributed by atoms with E-state index in [9.17, 15) is 13.9 Å². The quantitative estimate of drug-likeness (QED) is 0.678. The molecular weight excluding hydrogens is 292 g/mol. The van der Waals surface area contributed by atoms with Crippen molar-refractivity contribution in [2.75, 3.05) is 7.11 Å². The van der Waals surface area contributed by atoms with E-state index in [1.165, 1.54) is 19.2 Å². The summed E-state index contributed by atoms with van der Waals surface area (Å²) >= 11 is 0. The lowest BCUT2D eigenvalue weighted by Crippen LogP contribution is -1.98. The Labute approximate surface area is 126 Å². The third-order valence-electron chi connectivity index (χ3n) is 3.01. The number of rotatable bonds is 5. The Kier molecular flexibility index (Phi) is 4.93. The topological polar surface area (TPSA) is 51.0 Å². The van der Waals surface area contributed by atoms with Crippen molar-refractivity contribution >= 4 is 5.71 Å². The molecule has 2 rings (SSSR count). The van der Waals surface area contributed by atoms with E-state index in [-0.39, 0.29) is 12.4 Å². The van der Waals surface area contributed by atoms with Crippen LogP contribution in [-0.2, 0) is 11.4 Å². The van der Waals surface area contributed by atoms with Gasteiger partial charge in [0.2, 0.25) is 0 Å². The van der Waals surface area contributed by atoms with Gasteiger partial charge < -0.3 is 14.7 Å². The van der Waals surface area contributed by atoms with Crippen LogP contribution in [0.15, 0.2) is 41.6 Å². The summed E-state index contributed by atoms with van der Waals surface area (Å²) < 4.78 is 30.8. The van der Waals surface area contributed by atoms with Crippen molar-refractivity contribution in [1.82, 2.24) is 0 Å². The number of phenols is 1. The highest BCUT2D eigenvalue weighted by Crippen LogP contribution is 2.26. The van der Waals surface area contributed by atoms with Crippen molar-refractivity contribution in [3.05, 3.63) is 59.2 Å². The molecule has 4 nitrogen and oxygen atoms in total. The summed E-state index contributed by atoms with van der Waals surface area (Å²) in [6.45, 7) is 1.71. The maximum atomic E-state index is 13.0. The zero-order chi connectivity index (χ0) is 16.1. The lowest BCUT2D eigenvalue weighted by molar-refractivity contribution is 0.130.